The van der Waals surface area contributed by atoms with Crippen molar-refractivity contribution < 1.29 is 47.6 Å². The summed E-state index contributed by atoms with van der Waals surface area (Å²) in [5, 5.41) is 8.03. The summed E-state index contributed by atoms with van der Waals surface area (Å²) in [6.07, 6.45) is -0.519. The molecule has 4 N–H and O–H groups in total. The van der Waals surface area contributed by atoms with Crippen LogP contribution < -0.4 is 16.0 Å². The second-order valence-corrected chi connectivity index (χ2v) is 21.7. The van der Waals surface area contributed by atoms with Gasteiger partial charge in [0, 0.05) is 75.5 Å². The quantitative estimate of drug-likeness (QED) is 0.0492. The highest BCUT2D eigenvalue weighted by Crippen LogP contribution is 2.46. The van der Waals surface area contributed by atoms with E-state index in [1.165, 1.54) is 7.11 Å². The van der Waals surface area contributed by atoms with Crippen molar-refractivity contribution in [3.05, 3.63) is 35.9 Å². The van der Waals surface area contributed by atoms with Gasteiger partial charge in [0.15, 0.2) is 5.96 Å². The highest BCUT2D eigenvalue weighted by Gasteiger charge is 2.44. The van der Waals surface area contributed by atoms with Crippen molar-refractivity contribution in [1.82, 2.24) is 35.6 Å². The van der Waals surface area contributed by atoms with Gasteiger partial charge in [-0.3, -0.25) is 23.7 Å². The molecule has 0 spiro atoms. The summed E-state index contributed by atoms with van der Waals surface area (Å²) in [4.78, 5) is 91.3. The van der Waals surface area contributed by atoms with Crippen molar-refractivity contribution in [1.29, 1.82) is 0 Å². The highest BCUT2D eigenvalue weighted by molar-refractivity contribution is 7.59. The summed E-state index contributed by atoms with van der Waals surface area (Å²) in [5.41, 5.74) is 0.0276. The summed E-state index contributed by atoms with van der Waals surface area (Å²) < 4.78 is 31.3. The van der Waals surface area contributed by atoms with Crippen LogP contribution in [0.1, 0.15) is 93.1 Å². The normalized spacial score (nSPS) is 18.1. The fraction of sp³-hybridized carbons (Fsp3) is 0.745. The number of hydrogen-bond acceptors (Lipinski definition) is 10. The number of carbonyl (C=O) groups is 5. The average Bonchev–Trinajstić information content (AvgIpc) is 3.72. The number of amides is 5. The molecule has 1 heterocycles. The van der Waals surface area contributed by atoms with Crippen LogP contribution in [-0.4, -0.2) is 177 Å². The molecule has 1 saturated heterocycles. The van der Waals surface area contributed by atoms with E-state index in [4.69, 9.17) is 19.2 Å². The van der Waals surface area contributed by atoms with Gasteiger partial charge in [-0.25, -0.2) is 9.79 Å². The van der Waals surface area contributed by atoms with E-state index in [9.17, 15) is 33.4 Å². The van der Waals surface area contributed by atoms with E-state index in [0.717, 1.165) is 6.42 Å². The van der Waals surface area contributed by atoms with Crippen LogP contribution in [0.4, 0.5) is 4.79 Å². The van der Waals surface area contributed by atoms with Gasteiger partial charge >= 0.3 is 6.09 Å². The molecule has 19 heteroatoms. The number of nitrogens with one attached hydrogen (secondary N) is 3. The van der Waals surface area contributed by atoms with Gasteiger partial charge in [0.05, 0.1) is 36.6 Å². The first-order valence-electron chi connectivity index (χ1n) is 23.2. The van der Waals surface area contributed by atoms with Gasteiger partial charge in [-0.1, -0.05) is 71.4 Å². The number of likely N-dealkylation sites (N-methyl/N-ethyl adjacent to an activating group) is 1. The highest BCUT2D eigenvalue weighted by atomic mass is 31.2. The van der Waals surface area contributed by atoms with Crippen LogP contribution in [0.15, 0.2) is 35.3 Å². The Bertz CT molecular complexity index is 1780. The van der Waals surface area contributed by atoms with E-state index >= 15 is 0 Å². The number of guanidine groups is 1. The number of carbonyl (C=O) groups excluding carboxylic acids is 5. The molecule has 0 bridgehead atoms. The summed E-state index contributed by atoms with van der Waals surface area (Å²) in [5.74, 6) is -3.30. The lowest BCUT2D eigenvalue weighted by atomic mass is 9.89. The van der Waals surface area contributed by atoms with E-state index in [0.29, 0.717) is 37.3 Å². The lowest BCUT2D eigenvalue weighted by molar-refractivity contribution is -0.146. The number of likely N-dealkylation sites (tertiary alicyclic amines) is 1. The van der Waals surface area contributed by atoms with Crippen LogP contribution in [0.2, 0.25) is 0 Å². The molecule has 376 valence electrons. The molecule has 1 aliphatic rings. The zero-order chi connectivity index (χ0) is 50.1. The first-order valence-corrected chi connectivity index (χ1v) is 25.1. The summed E-state index contributed by atoms with van der Waals surface area (Å²) in [6.45, 7) is 15.7. The SMILES string of the molecule is CC[C@H](C)[C@@H]([C@@H](CC(=O)N1CCC[C@H]1[C@H](OC)[C@@H](C)C(=O)N[C@@H](Cc1ccccc1)P(=O)(O)CC(=O)NCCCNC(=O)OC(C)(C)C)OC)N(C)C(=O)[C@@H](N=C(N(C)C)N(C)C)C(C)C. The molecule has 0 aromatic heterocycles. The molecule has 9 atom stereocenters. The molecule has 1 aromatic carbocycles. The Morgan fingerprint density at radius 1 is 0.939 bits per heavy atom. The molecule has 0 radical (unpaired) electrons. The molecule has 1 unspecified atom stereocenters. The molecule has 0 saturated carbocycles. The smallest absolute Gasteiger partial charge is 0.407 e. The monoisotopic (exact) mass is 951 g/mol. The third-order valence-corrected chi connectivity index (χ3v) is 14.0. The van der Waals surface area contributed by atoms with Gasteiger partial charge in [-0.05, 0) is 57.4 Å². The Hall–Kier alpha value is -4.25. The van der Waals surface area contributed by atoms with Crippen molar-refractivity contribution in [2.75, 3.05) is 75.3 Å². The van der Waals surface area contributed by atoms with E-state index < -0.39 is 79.1 Å². The van der Waals surface area contributed by atoms with Crippen molar-refractivity contribution in [2.24, 2.45) is 22.7 Å². The Labute approximate surface area is 394 Å². The van der Waals surface area contributed by atoms with E-state index in [2.05, 4.69) is 16.0 Å². The van der Waals surface area contributed by atoms with Gasteiger partial charge in [0.1, 0.15) is 23.6 Å². The van der Waals surface area contributed by atoms with Crippen molar-refractivity contribution in [3.63, 3.8) is 0 Å². The number of benzene rings is 1. The number of ether oxygens (including phenoxy) is 3. The summed E-state index contributed by atoms with van der Waals surface area (Å²) in [6, 6.07) is 7.28. The number of rotatable bonds is 24. The largest absolute Gasteiger partial charge is 0.444 e. The maximum atomic E-state index is 14.4. The fourth-order valence-corrected chi connectivity index (χ4v) is 9.95. The molecule has 18 nitrogen and oxygen atoms in total. The predicted molar refractivity (Wildman–Crippen MR) is 258 cm³/mol. The van der Waals surface area contributed by atoms with Crippen LogP contribution in [0.5, 0.6) is 0 Å². The standard InChI is InChI=1S/C47H83N8O10P/c1-16-32(4)41(54(13)44(59)40(31(2)3)51-45(52(9)10)53(11)12)36(63-14)29-39(57)55-27-20-24-35(55)42(64-15)33(5)43(58)50-38(28-34-22-18-17-19-23-34)66(61,62)30-37(56)48-25-21-26-49-46(60)65-47(6,7)8/h17-19,22-23,31-33,35-36,38,40-42H,16,20-21,24-30H2,1-15H3,(H,48,56)(H,49,60)(H,50,58)(H,61,62)/t32-,33+,35-,36+,38+,40-,41-,42+/m0/s1. The van der Waals surface area contributed by atoms with Crippen molar-refractivity contribution >= 4 is 43.1 Å². The Kier molecular flexibility index (Phi) is 23.6. The number of nitrogens with zero attached hydrogens (tertiary/aromatic N) is 5. The lowest BCUT2D eigenvalue weighted by Crippen LogP contribution is -2.55. The molecule has 0 aliphatic carbocycles. The minimum Gasteiger partial charge on any atom is -0.444 e. The predicted octanol–water partition coefficient (Wildman–Crippen LogP) is 4.40. The first-order chi connectivity index (χ1) is 30.8. The van der Waals surface area contributed by atoms with Crippen molar-refractivity contribution in [3.8, 4) is 0 Å². The van der Waals surface area contributed by atoms with Gasteiger partial charge in [0.2, 0.25) is 31.0 Å². The zero-order valence-corrected chi connectivity index (χ0v) is 43.4. The molecule has 5 amide bonds. The van der Waals surface area contributed by atoms with Gasteiger partial charge in [-0.2, -0.15) is 0 Å². The molecule has 2 rings (SSSR count). The molecular weight excluding hydrogens is 868 g/mol. The van der Waals surface area contributed by atoms with Crippen LogP contribution in [-0.2, 0) is 44.4 Å². The second-order valence-electron chi connectivity index (χ2n) is 19.3. The maximum Gasteiger partial charge on any atom is 0.407 e. The van der Waals surface area contributed by atoms with E-state index in [-0.39, 0.29) is 49.6 Å². The van der Waals surface area contributed by atoms with Crippen LogP contribution in [0.25, 0.3) is 0 Å². The number of aliphatic imine (C=N–C) groups is 1. The Balaban J connectivity index is 2.29. The van der Waals surface area contributed by atoms with Crippen molar-refractivity contribution in [2.45, 2.75) is 136 Å². The van der Waals surface area contributed by atoms with Gasteiger partial charge in [0.25, 0.3) is 0 Å². The number of methoxy groups -OCH3 is 2. The lowest BCUT2D eigenvalue weighted by Gasteiger charge is -2.40. The molecule has 1 fully saturated rings. The first kappa shape index (κ1) is 57.9. The number of alkyl carbamates (subject to hydrolysis) is 1. The number of hydrogen-bond donors (Lipinski definition) is 4. The van der Waals surface area contributed by atoms with Gasteiger partial charge in [-0.15, -0.1) is 0 Å². The van der Waals surface area contributed by atoms with Crippen LogP contribution >= 0.6 is 7.37 Å². The topological polar surface area (TPSA) is 212 Å². The minimum atomic E-state index is -4.38. The molecule has 1 aromatic rings. The van der Waals surface area contributed by atoms with Crippen LogP contribution in [0, 0.1) is 17.8 Å². The second kappa shape index (κ2) is 26.9. The molecule has 66 heavy (non-hydrogen) atoms. The fourth-order valence-electron chi connectivity index (χ4n) is 8.38. The minimum absolute atomic E-state index is 0.0186. The van der Waals surface area contributed by atoms with Crippen LogP contribution in [0.3, 0.4) is 0 Å². The van der Waals surface area contributed by atoms with Gasteiger partial charge < -0.3 is 54.7 Å². The average molecular weight is 951 g/mol. The zero-order valence-electron chi connectivity index (χ0n) is 42.5. The van der Waals surface area contributed by atoms with E-state index in [1.54, 1.807) is 75.9 Å². The maximum absolute atomic E-state index is 14.4. The summed E-state index contributed by atoms with van der Waals surface area (Å²) >= 11 is 0. The molecule has 1 aliphatic heterocycles. The van der Waals surface area contributed by atoms with E-state index in [1.807, 2.05) is 71.8 Å². The summed E-state index contributed by atoms with van der Waals surface area (Å²) in [7, 11) is 7.92. The Morgan fingerprint density at radius 3 is 2.08 bits per heavy atom. The third kappa shape index (κ3) is 17.8. The third-order valence-electron chi connectivity index (χ3n) is 12.0. The molecular formula is C47H83N8O10P. The Morgan fingerprint density at radius 2 is 1.55 bits per heavy atom.